The van der Waals surface area contributed by atoms with Crippen molar-refractivity contribution in [2.24, 2.45) is 0 Å². The molecule has 0 radical (unpaired) electrons. The minimum absolute atomic E-state index is 0. The summed E-state index contributed by atoms with van der Waals surface area (Å²) in [6, 6.07) is 0.286. The fourth-order valence-electron chi connectivity index (χ4n) is 2.77. The van der Waals surface area contributed by atoms with Gasteiger partial charge in [-0.15, -0.1) is 35.5 Å². The Hall–Kier alpha value is -0.890. The number of nitrogens with one attached hydrogen (secondary N) is 2. The number of thioether (sulfide) groups is 1. The Balaban J connectivity index is 0.00000208. The van der Waals surface area contributed by atoms with Crippen LogP contribution in [0, 0.1) is 13.8 Å². The minimum Gasteiger partial charge on any atom is -0.352 e. The highest BCUT2D eigenvalue weighted by atomic mass is 35.5. The molecule has 8 heteroatoms. The number of nitrogens with zero attached hydrogens (tertiary/aromatic N) is 2. The van der Waals surface area contributed by atoms with Gasteiger partial charge >= 0.3 is 0 Å². The summed E-state index contributed by atoms with van der Waals surface area (Å²) in [6.07, 6.45) is 4.35. The van der Waals surface area contributed by atoms with E-state index in [2.05, 4.69) is 34.4 Å². The van der Waals surface area contributed by atoms with Gasteiger partial charge in [0.1, 0.15) is 16.2 Å². The van der Waals surface area contributed by atoms with Gasteiger partial charge in [-0.25, -0.2) is 9.97 Å². The number of aromatic nitrogens is 2. The molecule has 0 bridgehead atoms. The van der Waals surface area contributed by atoms with Crippen molar-refractivity contribution in [2.75, 3.05) is 18.8 Å². The highest BCUT2D eigenvalue weighted by molar-refractivity contribution is 7.99. The van der Waals surface area contributed by atoms with Crippen LogP contribution in [0.25, 0.3) is 10.2 Å². The van der Waals surface area contributed by atoms with Crippen LogP contribution in [0.5, 0.6) is 0 Å². The maximum absolute atomic E-state index is 12.1. The Morgan fingerprint density at radius 2 is 2.29 bits per heavy atom. The molecule has 0 saturated carbocycles. The quantitative estimate of drug-likeness (QED) is 0.610. The molecule has 1 fully saturated rings. The fourth-order valence-corrected chi connectivity index (χ4v) is 4.83. The molecular weight excluding hydrogens is 364 g/mol. The lowest BCUT2D eigenvalue weighted by atomic mass is 10.1. The predicted octanol–water partition coefficient (Wildman–Crippen LogP) is 3.08. The van der Waals surface area contributed by atoms with Crippen molar-refractivity contribution in [3.05, 3.63) is 16.8 Å². The van der Waals surface area contributed by atoms with Gasteiger partial charge in [0.25, 0.3) is 0 Å². The molecule has 2 aromatic rings. The van der Waals surface area contributed by atoms with Crippen LogP contribution in [0.2, 0.25) is 0 Å². The van der Waals surface area contributed by atoms with Crippen LogP contribution in [-0.2, 0) is 4.79 Å². The first-order chi connectivity index (χ1) is 11.1. The van der Waals surface area contributed by atoms with Crippen molar-refractivity contribution >= 4 is 51.6 Å². The molecule has 0 aliphatic carbocycles. The molecule has 5 nitrogen and oxygen atoms in total. The summed E-state index contributed by atoms with van der Waals surface area (Å²) < 4.78 is 0. The monoisotopic (exact) mass is 386 g/mol. The van der Waals surface area contributed by atoms with E-state index >= 15 is 0 Å². The van der Waals surface area contributed by atoms with Gasteiger partial charge in [0.15, 0.2) is 0 Å². The van der Waals surface area contributed by atoms with Crippen LogP contribution < -0.4 is 10.6 Å². The Bertz CT molecular complexity index is 701. The van der Waals surface area contributed by atoms with Gasteiger partial charge < -0.3 is 10.6 Å². The Labute approximate surface area is 156 Å². The number of amides is 1. The molecule has 3 rings (SSSR count). The number of aryl methyl sites for hydroxylation is 2. The topological polar surface area (TPSA) is 66.9 Å². The minimum atomic E-state index is 0. The first kappa shape index (κ1) is 19.4. The van der Waals surface area contributed by atoms with Gasteiger partial charge in [-0.05, 0) is 38.8 Å². The molecule has 132 valence electrons. The molecular formula is C16H23ClN4OS2. The Morgan fingerprint density at radius 3 is 3.04 bits per heavy atom. The third-order valence-electron chi connectivity index (χ3n) is 4.16. The van der Waals surface area contributed by atoms with Crippen LogP contribution >= 0.6 is 35.5 Å². The molecule has 1 aliphatic heterocycles. The SMILES string of the molecule is Cc1sc2ncnc(SCCC(=O)N[C@H]3CCCNC3)c2c1C.Cl. The second-order valence-corrected chi connectivity index (χ2v) is 8.14. The molecule has 2 aromatic heterocycles. The fraction of sp³-hybridized carbons (Fsp3) is 0.562. The van der Waals surface area contributed by atoms with Crippen molar-refractivity contribution < 1.29 is 4.79 Å². The second kappa shape index (κ2) is 8.99. The van der Waals surface area contributed by atoms with E-state index in [0.29, 0.717) is 6.42 Å². The zero-order valence-corrected chi connectivity index (χ0v) is 16.4. The van der Waals surface area contributed by atoms with Crippen LogP contribution in [0.15, 0.2) is 11.4 Å². The smallest absolute Gasteiger partial charge is 0.221 e. The van der Waals surface area contributed by atoms with Crippen molar-refractivity contribution in [1.29, 1.82) is 0 Å². The standard InChI is InChI=1S/C16H22N4OS2.ClH/c1-10-11(2)23-16-14(10)15(18-9-19-16)22-7-5-13(21)20-12-4-3-6-17-8-12;/h9,12,17H,3-8H2,1-2H3,(H,20,21);1H/t12-;/m0./s1. The van der Waals surface area contributed by atoms with Gasteiger partial charge in [0.2, 0.25) is 5.91 Å². The number of fused-ring (bicyclic) bond motifs is 1. The van der Waals surface area contributed by atoms with Crippen LogP contribution in [0.3, 0.4) is 0 Å². The zero-order valence-electron chi connectivity index (χ0n) is 13.9. The number of rotatable bonds is 5. The number of carbonyl (C=O) groups excluding carboxylic acids is 1. The molecule has 1 amide bonds. The van der Waals surface area contributed by atoms with Crippen molar-refractivity contribution in [3.63, 3.8) is 0 Å². The van der Waals surface area contributed by atoms with E-state index in [0.717, 1.165) is 46.9 Å². The summed E-state index contributed by atoms with van der Waals surface area (Å²) in [7, 11) is 0. The lowest BCUT2D eigenvalue weighted by Crippen LogP contribution is -2.45. The first-order valence-corrected chi connectivity index (χ1v) is 9.79. The zero-order chi connectivity index (χ0) is 16.2. The normalized spacial score (nSPS) is 17.5. The lowest BCUT2D eigenvalue weighted by molar-refractivity contribution is -0.121. The molecule has 24 heavy (non-hydrogen) atoms. The molecule has 2 N–H and O–H groups in total. The molecule has 1 atom stereocenters. The highest BCUT2D eigenvalue weighted by Crippen LogP contribution is 2.34. The van der Waals surface area contributed by atoms with Crippen LogP contribution in [0.1, 0.15) is 29.7 Å². The van der Waals surface area contributed by atoms with E-state index in [-0.39, 0.29) is 24.4 Å². The van der Waals surface area contributed by atoms with E-state index < -0.39 is 0 Å². The maximum Gasteiger partial charge on any atom is 0.221 e. The summed E-state index contributed by atoms with van der Waals surface area (Å²) in [4.78, 5) is 23.1. The third kappa shape index (κ3) is 4.59. The average Bonchev–Trinajstić information content (AvgIpc) is 2.84. The summed E-state index contributed by atoms with van der Waals surface area (Å²) in [5.74, 6) is 0.876. The van der Waals surface area contributed by atoms with Gasteiger partial charge in [0, 0.05) is 35.0 Å². The van der Waals surface area contributed by atoms with Crippen molar-refractivity contribution in [1.82, 2.24) is 20.6 Å². The van der Waals surface area contributed by atoms with E-state index in [4.69, 9.17) is 0 Å². The number of hydrogen-bond acceptors (Lipinski definition) is 6. The number of hydrogen-bond donors (Lipinski definition) is 2. The molecule has 0 spiro atoms. The summed E-state index contributed by atoms with van der Waals surface area (Å²) in [5, 5.41) is 8.57. The number of piperidine rings is 1. The number of halogens is 1. The molecule has 3 heterocycles. The van der Waals surface area contributed by atoms with E-state index in [1.54, 1.807) is 29.4 Å². The van der Waals surface area contributed by atoms with Crippen LogP contribution in [0.4, 0.5) is 0 Å². The number of thiophene rings is 1. The lowest BCUT2D eigenvalue weighted by Gasteiger charge is -2.23. The van der Waals surface area contributed by atoms with E-state index in [1.165, 1.54) is 10.4 Å². The van der Waals surface area contributed by atoms with Gasteiger partial charge in [0.05, 0.1) is 0 Å². The van der Waals surface area contributed by atoms with Gasteiger partial charge in [-0.1, -0.05) is 0 Å². The molecule has 1 aliphatic rings. The van der Waals surface area contributed by atoms with E-state index in [9.17, 15) is 4.79 Å². The second-order valence-electron chi connectivity index (χ2n) is 5.85. The molecule has 1 saturated heterocycles. The summed E-state index contributed by atoms with van der Waals surface area (Å²) in [5.41, 5.74) is 1.26. The van der Waals surface area contributed by atoms with Gasteiger partial charge in [-0.2, -0.15) is 0 Å². The molecule has 0 unspecified atom stereocenters. The van der Waals surface area contributed by atoms with Crippen molar-refractivity contribution in [3.8, 4) is 0 Å². The van der Waals surface area contributed by atoms with E-state index in [1.807, 2.05) is 0 Å². The summed E-state index contributed by atoms with van der Waals surface area (Å²) in [6.45, 7) is 6.18. The highest BCUT2D eigenvalue weighted by Gasteiger charge is 2.16. The summed E-state index contributed by atoms with van der Waals surface area (Å²) >= 11 is 3.35. The largest absolute Gasteiger partial charge is 0.352 e. The first-order valence-electron chi connectivity index (χ1n) is 7.98. The molecule has 0 aromatic carbocycles. The van der Waals surface area contributed by atoms with Gasteiger partial charge in [-0.3, -0.25) is 4.79 Å². The maximum atomic E-state index is 12.1. The average molecular weight is 387 g/mol. The third-order valence-corrected chi connectivity index (χ3v) is 6.27. The van der Waals surface area contributed by atoms with Crippen molar-refractivity contribution in [2.45, 2.75) is 44.2 Å². The Kier molecular flexibility index (Phi) is 7.28. The Morgan fingerprint density at radius 1 is 1.46 bits per heavy atom. The number of carbonyl (C=O) groups is 1. The van der Waals surface area contributed by atoms with Crippen LogP contribution in [-0.4, -0.2) is 40.8 Å². The predicted molar refractivity (Wildman–Crippen MR) is 104 cm³/mol.